The molecular formula is C13H20N2O2S. The minimum atomic E-state index is -2.90. The molecule has 1 heterocycles. The van der Waals surface area contributed by atoms with E-state index in [1.165, 1.54) is 17.5 Å². The lowest BCUT2D eigenvalue weighted by molar-refractivity contribution is 0.598. The normalized spacial score (nSPS) is 15.6. The summed E-state index contributed by atoms with van der Waals surface area (Å²) in [6, 6.07) is 6.23. The number of nitrogens with two attached hydrogens (primary N) is 1. The first-order valence-electron chi connectivity index (χ1n) is 6.24. The Morgan fingerprint density at radius 2 is 2.17 bits per heavy atom. The Bertz CT molecular complexity index is 526. The van der Waals surface area contributed by atoms with Crippen LogP contribution in [0.2, 0.25) is 0 Å². The maximum Gasteiger partial charge on any atom is 0.149 e. The molecule has 100 valence electrons. The molecule has 0 amide bonds. The van der Waals surface area contributed by atoms with Gasteiger partial charge in [0.2, 0.25) is 0 Å². The number of rotatable bonds is 4. The monoisotopic (exact) mass is 268 g/mol. The fourth-order valence-corrected chi connectivity index (χ4v) is 2.92. The van der Waals surface area contributed by atoms with Gasteiger partial charge in [-0.3, -0.25) is 0 Å². The molecule has 18 heavy (non-hydrogen) atoms. The lowest BCUT2D eigenvalue weighted by atomic mass is 9.99. The van der Waals surface area contributed by atoms with Gasteiger partial charge >= 0.3 is 0 Å². The van der Waals surface area contributed by atoms with Crippen molar-refractivity contribution in [3.63, 3.8) is 0 Å². The Kier molecular flexibility index (Phi) is 3.92. The maximum absolute atomic E-state index is 11.2. The molecule has 0 radical (unpaired) electrons. The third-order valence-electron chi connectivity index (χ3n) is 3.33. The van der Waals surface area contributed by atoms with Gasteiger partial charge in [-0.15, -0.1) is 0 Å². The molecule has 1 aromatic carbocycles. The third kappa shape index (κ3) is 3.23. The van der Waals surface area contributed by atoms with Gasteiger partial charge in [-0.25, -0.2) is 8.42 Å². The van der Waals surface area contributed by atoms with E-state index in [2.05, 4.69) is 17.0 Å². The van der Waals surface area contributed by atoms with Crippen LogP contribution in [-0.4, -0.2) is 33.5 Å². The quantitative estimate of drug-likeness (QED) is 0.883. The molecule has 5 heteroatoms. The van der Waals surface area contributed by atoms with Crippen LogP contribution in [0.25, 0.3) is 0 Å². The highest BCUT2D eigenvalue weighted by Gasteiger charge is 2.18. The zero-order chi connectivity index (χ0) is 13.2. The largest absolute Gasteiger partial charge is 0.370 e. The van der Waals surface area contributed by atoms with E-state index in [-0.39, 0.29) is 5.75 Å². The lowest BCUT2D eigenvalue weighted by Crippen LogP contribution is -2.33. The highest BCUT2D eigenvalue weighted by molar-refractivity contribution is 7.90. The van der Waals surface area contributed by atoms with E-state index in [4.69, 9.17) is 5.73 Å². The number of aryl methyl sites for hydroxylation is 1. The van der Waals surface area contributed by atoms with Gasteiger partial charge in [-0.2, -0.15) is 0 Å². The van der Waals surface area contributed by atoms with Crippen LogP contribution in [0, 0.1) is 0 Å². The summed E-state index contributed by atoms with van der Waals surface area (Å²) >= 11 is 0. The molecule has 0 saturated heterocycles. The first kappa shape index (κ1) is 13.4. The summed E-state index contributed by atoms with van der Waals surface area (Å²) in [4.78, 5) is 2.17. The van der Waals surface area contributed by atoms with Crippen molar-refractivity contribution in [3.8, 4) is 0 Å². The number of sulfone groups is 1. The summed E-state index contributed by atoms with van der Waals surface area (Å²) in [6.45, 7) is 2.06. The molecule has 2 N–H and O–H groups in total. The molecule has 0 spiro atoms. The first-order chi connectivity index (χ1) is 8.49. The molecule has 1 aliphatic heterocycles. The van der Waals surface area contributed by atoms with Crippen molar-refractivity contribution in [2.75, 3.05) is 30.0 Å². The molecule has 0 aromatic heterocycles. The highest BCUT2D eigenvalue weighted by atomic mass is 32.2. The number of anilines is 1. The molecule has 0 unspecified atom stereocenters. The third-order valence-corrected chi connectivity index (χ3v) is 4.25. The molecule has 1 aromatic rings. The Morgan fingerprint density at radius 1 is 1.39 bits per heavy atom. The molecule has 0 aliphatic carbocycles. The maximum atomic E-state index is 11.2. The summed E-state index contributed by atoms with van der Waals surface area (Å²) in [6.07, 6.45) is 3.42. The van der Waals surface area contributed by atoms with E-state index in [1.54, 1.807) is 0 Å². The zero-order valence-electron chi connectivity index (χ0n) is 10.7. The van der Waals surface area contributed by atoms with Gasteiger partial charge < -0.3 is 10.6 Å². The zero-order valence-corrected chi connectivity index (χ0v) is 11.5. The van der Waals surface area contributed by atoms with Crippen LogP contribution in [0.1, 0.15) is 17.5 Å². The number of benzene rings is 1. The summed E-state index contributed by atoms with van der Waals surface area (Å²) in [5.41, 5.74) is 9.24. The molecular weight excluding hydrogens is 248 g/mol. The second kappa shape index (κ2) is 5.28. The summed E-state index contributed by atoms with van der Waals surface area (Å²) in [7, 11) is -2.90. The molecule has 1 aliphatic rings. The summed E-state index contributed by atoms with van der Waals surface area (Å²) in [5, 5.41) is 0. The van der Waals surface area contributed by atoms with E-state index in [0.29, 0.717) is 13.1 Å². The SMILES string of the molecule is CS(=O)(=O)CCN1CCCc2cc(CN)ccc21. The molecule has 2 rings (SSSR count). The van der Waals surface area contributed by atoms with Crippen molar-refractivity contribution in [3.05, 3.63) is 29.3 Å². The molecule has 0 fully saturated rings. The van der Waals surface area contributed by atoms with Crippen molar-refractivity contribution < 1.29 is 8.42 Å². The second-order valence-corrected chi connectivity index (χ2v) is 7.15. The minimum Gasteiger partial charge on any atom is -0.370 e. The van der Waals surface area contributed by atoms with Crippen LogP contribution in [-0.2, 0) is 22.8 Å². The molecule has 0 bridgehead atoms. The summed E-state index contributed by atoms with van der Waals surface area (Å²) in [5.74, 6) is 0.213. The standard InChI is InChI=1S/C13H20N2O2S/c1-18(16,17)8-7-15-6-2-3-12-9-11(10-14)4-5-13(12)15/h4-5,9H,2-3,6-8,10,14H2,1H3. The molecule has 0 atom stereocenters. The fraction of sp³-hybridized carbons (Fsp3) is 0.538. The Hall–Kier alpha value is -1.07. The van der Waals surface area contributed by atoms with Gasteiger partial charge in [0.1, 0.15) is 9.84 Å². The van der Waals surface area contributed by atoms with Crippen LogP contribution in [0.15, 0.2) is 18.2 Å². The van der Waals surface area contributed by atoms with E-state index < -0.39 is 9.84 Å². The average molecular weight is 268 g/mol. The van der Waals surface area contributed by atoms with Crippen molar-refractivity contribution >= 4 is 15.5 Å². The first-order valence-corrected chi connectivity index (χ1v) is 8.30. The smallest absolute Gasteiger partial charge is 0.149 e. The van der Waals surface area contributed by atoms with Crippen LogP contribution < -0.4 is 10.6 Å². The van der Waals surface area contributed by atoms with Crippen LogP contribution in [0.5, 0.6) is 0 Å². The molecule has 4 nitrogen and oxygen atoms in total. The van der Waals surface area contributed by atoms with E-state index in [9.17, 15) is 8.42 Å². The predicted octanol–water partition coefficient (Wildman–Crippen LogP) is 0.943. The Morgan fingerprint density at radius 3 is 2.83 bits per heavy atom. The highest BCUT2D eigenvalue weighted by Crippen LogP contribution is 2.27. The van der Waals surface area contributed by atoms with Gasteiger partial charge in [-0.05, 0) is 30.0 Å². The van der Waals surface area contributed by atoms with Crippen molar-refractivity contribution in [1.29, 1.82) is 0 Å². The topological polar surface area (TPSA) is 63.4 Å². The second-order valence-electron chi connectivity index (χ2n) is 4.89. The number of nitrogens with zero attached hydrogens (tertiary/aromatic N) is 1. The van der Waals surface area contributed by atoms with E-state index in [0.717, 1.165) is 24.9 Å². The Labute approximate surface area is 109 Å². The van der Waals surface area contributed by atoms with Gasteiger partial charge in [0, 0.05) is 31.6 Å². The number of hydrogen-bond acceptors (Lipinski definition) is 4. The van der Waals surface area contributed by atoms with Gasteiger partial charge in [0.25, 0.3) is 0 Å². The predicted molar refractivity (Wildman–Crippen MR) is 74.6 cm³/mol. The molecule has 0 saturated carbocycles. The van der Waals surface area contributed by atoms with Crippen molar-refractivity contribution in [2.45, 2.75) is 19.4 Å². The van der Waals surface area contributed by atoms with Crippen LogP contribution in [0.4, 0.5) is 5.69 Å². The van der Waals surface area contributed by atoms with E-state index in [1.807, 2.05) is 6.07 Å². The van der Waals surface area contributed by atoms with E-state index >= 15 is 0 Å². The van der Waals surface area contributed by atoms with Gasteiger partial charge in [0.15, 0.2) is 0 Å². The average Bonchev–Trinajstić information content (AvgIpc) is 2.34. The van der Waals surface area contributed by atoms with Crippen LogP contribution >= 0.6 is 0 Å². The van der Waals surface area contributed by atoms with Gasteiger partial charge in [0.05, 0.1) is 5.75 Å². The Balaban J connectivity index is 2.17. The number of fused-ring (bicyclic) bond motifs is 1. The van der Waals surface area contributed by atoms with Crippen LogP contribution in [0.3, 0.4) is 0 Å². The van der Waals surface area contributed by atoms with Gasteiger partial charge in [-0.1, -0.05) is 12.1 Å². The minimum absolute atomic E-state index is 0.213. The van der Waals surface area contributed by atoms with Crippen molar-refractivity contribution in [2.24, 2.45) is 5.73 Å². The number of hydrogen-bond donors (Lipinski definition) is 1. The lowest BCUT2D eigenvalue weighted by Gasteiger charge is -2.31. The fourth-order valence-electron chi connectivity index (χ4n) is 2.36. The summed E-state index contributed by atoms with van der Waals surface area (Å²) < 4.78 is 22.5. The van der Waals surface area contributed by atoms with Crippen molar-refractivity contribution in [1.82, 2.24) is 0 Å².